The number of hydrogen-bond donors (Lipinski definition) is 2. The summed E-state index contributed by atoms with van der Waals surface area (Å²) in [7, 11) is 0. The fourth-order valence-corrected chi connectivity index (χ4v) is 2.82. The monoisotopic (exact) mass is 415 g/mol. The zero-order valence-electron chi connectivity index (χ0n) is 13.9. The van der Waals surface area contributed by atoms with Gasteiger partial charge in [0.05, 0.1) is 18.5 Å². The van der Waals surface area contributed by atoms with Crippen molar-refractivity contribution in [1.82, 2.24) is 19.7 Å². The van der Waals surface area contributed by atoms with Crippen LogP contribution in [0.1, 0.15) is 5.56 Å². The summed E-state index contributed by atoms with van der Waals surface area (Å²) >= 11 is 3.48. The van der Waals surface area contributed by atoms with Crippen LogP contribution in [0.5, 0.6) is 0 Å². The molecule has 26 heavy (non-hydrogen) atoms. The minimum absolute atomic E-state index is 0.117. The van der Waals surface area contributed by atoms with Crippen molar-refractivity contribution in [3.63, 3.8) is 0 Å². The number of amides is 2. The number of hydrogen-bond acceptors (Lipinski definition) is 4. The quantitative estimate of drug-likeness (QED) is 0.647. The van der Waals surface area contributed by atoms with Crippen molar-refractivity contribution < 1.29 is 9.90 Å². The van der Waals surface area contributed by atoms with Crippen LogP contribution in [-0.2, 0) is 6.54 Å². The third-order valence-corrected chi connectivity index (χ3v) is 4.49. The summed E-state index contributed by atoms with van der Waals surface area (Å²) in [6.07, 6.45) is 5.04. The molecule has 0 atom stereocenters. The lowest BCUT2D eigenvalue weighted by Crippen LogP contribution is -2.36. The number of carbonyl (C=O) groups excluding carboxylic acids is 1. The predicted octanol–water partition coefficient (Wildman–Crippen LogP) is 3.06. The number of urea groups is 1. The van der Waals surface area contributed by atoms with Crippen molar-refractivity contribution in [1.29, 1.82) is 0 Å². The third-order valence-electron chi connectivity index (χ3n) is 3.71. The molecular formula is C18H18BrN5O2. The second kappa shape index (κ2) is 8.59. The minimum atomic E-state index is -0.302. The average Bonchev–Trinajstić information content (AvgIpc) is 3.18. The van der Waals surface area contributed by atoms with Gasteiger partial charge in [0.1, 0.15) is 0 Å². The van der Waals surface area contributed by atoms with E-state index in [1.165, 1.54) is 0 Å². The highest BCUT2D eigenvalue weighted by Gasteiger charge is 2.15. The first-order valence-corrected chi connectivity index (χ1v) is 8.83. The number of aromatic nitrogens is 3. The molecule has 2 amide bonds. The fraction of sp³-hybridized carbons (Fsp3) is 0.167. The summed E-state index contributed by atoms with van der Waals surface area (Å²) in [5.74, 6) is 0.661. The van der Waals surface area contributed by atoms with Crippen molar-refractivity contribution in [2.24, 2.45) is 0 Å². The van der Waals surface area contributed by atoms with E-state index < -0.39 is 0 Å². The van der Waals surface area contributed by atoms with Crippen molar-refractivity contribution >= 4 is 27.6 Å². The second-order valence-corrected chi connectivity index (χ2v) is 6.38. The Morgan fingerprint density at radius 2 is 2.08 bits per heavy atom. The Labute approximate surface area is 159 Å². The molecule has 0 aliphatic carbocycles. The largest absolute Gasteiger partial charge is 0.395 e. The number of rotatable bonds is 6. The van der Waals surface area contributed by atoms with Crippen molar-refractivity contribution in [3.8, 4) is 5.82 Å². The number of aliphatic hydroxyl groups excluding tert-OH is 1. The van der Waals surface area contributed by atoms with Crippen molar-refractivity contribution in [3.05, 3.63) is 71.1 Å². The maximum absolute atomic E-state index is 12.6. The first kappa shape index (κ1) is 18.1. The van der Waals surface area contributed by atoms with Crippen LogP contribution in [0.3, 0.4) is 0 Å². The van der Waals surface area contributed by atoms with Gasteiger partial charge in [-0.05, 0) is 29.8 Å². The van der Waals surface area contributed by atoms with Crippen LogP contribution in [0.2, 0.25) is 0 Å². The van der Waals surface area contributed by atoms with E-state index >= 15 is 0 Å². The molecule has 0 fully saturated rings. The van der Waals surface area contributed by atoms with Gasteiger partial charge in [-0.2, -0.15) is 5.10 Å². The molecule has 8 heteroatoms. The zero-order valence-corrected chi connectivity index (χ0v) is 15.5. The van der Waals surface area contributed by atoms with Gasteiger partial charge in [-0.1, -0.05) is 34.1 Å². The SMILES string of the molecule is O=C(Nc1ccc(-n2cccn2)nc1)N(CCO)Cc1ccccc1Br. The maximum Gasteiger partial charge on any atom is 0.322 e. The molecule has 0 saturated heterocycles. The summed E-state index contributed by atoms with van der Waals surface area (Å²) in [5, 5.41) is 16.2. The highest BCUT2D eigenvalue weighted by atomic mass is 79.9. The number of aliphatic hydroxyl groups is 1. The Bertz CT molecular complexity index is 852. The standard InChI is InChI=1S/C18H18BrN5O2/c19-16-5-2-1-4-14(16)13-23(10-11-25)18(26)22-15-6-7-17(20-12-15)24-9-3-8-21-24/h1-9,12,25H,10-11,13H2,(H,22,26). The molecule has 3 aromatic rings. The van der Waals surface area contributed by atoms with E-state index in [0.717, 1.165) is 10.0 Å². The van der Waals surface area contributed by atoms with Gasteiger partial charge in [-0.3, -0.25) is 0 Å². The summed E-state index contributed by atoms with van der Waals surface area (Å²) in [5.41, 5.74) is 1.53. The fourth-order valence-electron chi connectivity index (χ4n) is 2.41. The summed E-state index contributed by atoms with van der Waals surface area (Å²) < 4.78 is 2.55. The van der Waals surface area contributed by atoms with E-state index in [-0.39, 0.29) is 19.2 Å². The van der Waals surface area contributed by atoms with E-state index in [1.807, 2.05) is 30.3 Å². The first-order chi connectivity index (χ1) is 12.7. The molecule has 7 nitrogen and oxygen atoms in total. The molecule has 134 valence electrons. The lowest BCUT2D eigenvalue weighted by Gasteiger charge is -2.23. The van der Waals surface area contributed by atoms with Crippen molar-refractivity contribution in [2.75, 3.05) is 18.5 Å². The zero-order chi connectivity index (χ0) is 18.4. The Balaban J connectivity index is 1.68. The van der Waals surface area contributed by atoms with Gasteiger partial charge < -0.3 is 15.3 Å². The Kier molecular flexibility index (Phi) is 5.98. The number of carbonyl (C=O) groups is 1. The van der Waals surface area contributed by atoms with Gasteiger partial charge in [0, 0.05) is 30.0 Å². The summed E-state index contributed by atoms with van der Waals surface area (Å²) in [6, 6.07) is 12.7. The molecule has 2 heterocycles. The topological polar surface area (TPSA) is 83.3 Å². The number of nitrogens with one attached hydrogen (secondary N) is 1. The average molecular weight is 416 g/mol. The van der Waals surface area contributed by atoms with Crippen LogP contribution in [0.15, 0.2) is 65.5 Å². The molecule has 0 unspecified atom stereocenters. The normalized spacial score (nSPS) is 10.5. The van der Waals surface area contributed by atoms with Crippen molar-refractivity contribution in [2.45, 2.75) is 6.54 Å². The van der Waals surface area contributed by atoms with Crippen LogP contribution < -0.4 is 5.32 Å². The highest BCUT2D eigenvalue weighted by Crippen LogP contribution is 2.18. The molecule has 0 aliphatic rings. The number of nitrogens with zero attached hydrogens (tertiary/aromatic N) is 4. The van der Waals surface area contributed by atoms with Gasteiger partial charge in [0.15, 0.2) is 5.82 Å². The molecule has 0 radical (unpaired) electrons. The Morgan fingerprint density at radius 1 is 1.23 bits per heavy atom. The van der Waals surface area contributed by atoms with Gasteiger partial charge in [-0.25, -0.2) is 14.5 Å². The van der Waals surface area contributed by atoms with Crippen LogP contribution in [0.25, 0.3) is 5.82 Å². The number of anilines is 1. The minimum Gasteiger partial charge on any atom is -0.395 e. The van der Waals surface area contributed by atoms with Gasteiger partial charge in [0.25, 0.3) is 0 Å². The molecule has 0 spiro atoms. The molecule has 2 N–H and O–H groups in total. The van der Waals surface area contributed by atoms with E-state index in [9.17, 15) is 9.90 Å². The molecule has 1 aromatic carbocycles. The predicted molar refractivity (Wildman–Crippen MR) is 102 cm³/mol. The smallest absolute Gasteiger partial charge is 0.322 e. The Hall–Kier alpha value is -2.71. The van der Waals surface area contributed by atoms with E-state index in [4.69, 9.17) is 0 Å². The van der Waals surface area contributed by atoms with Gasteiger partial charge in [-0.15, -0.1) is 0 Å². The second-order valence-electron chi connectivity index (χ2n) is 5.52. The number of halogens is 1. The molecule has 0 saturated carbocycles. The maximum atomic E-state index is 12.6. The lowest BCUT2D eigenvalue weighted by molar-refractivity contribution is 0.185. The summed E-state index contributed by atoms with van der Waals surface area (Å²) in [4.78, 5) is 18.4. The van der Waals surface area contributed by atoms with E-state index in [1.54, 1.807) is 40.3 Å². The van der Waals surface area contributed by atoms with Crippen LogP contribution >= 0.6 is 15.9 Å². The molecule has 2 aromatic heterocycles. The molecule has 0 aliphatic heterocycles. The van der Waals surface area contributed by atoms with E-state index in [0.29, 0.717) is 18.1 Å². The Morgan fingerprint density at radius 3 is 2.73 bits per heavy atom. The number of benzene rings is 1. The van der Waals surface area contributed by atoms with Gasteiger partial charge >= 0.3 is 6.03 Å². The molecule has 0 bridgehead atoms. The van der Waals surface area contributed by atoms with E-state index in [2.05, 4.69) is 31.3 Å². The third kappa shape index (κ3) is 4.47. The van der Waals surface area contributed by atoms with Gasteiger partial charge in [0.2, 0.25) is 0 Å². The first-order valence-electron chi connectivity index (χ1n) is 8.03. The summed E-state index contributed by atoms with van der Waals surface area (Å²) in [6.45, 7) is 0.493. The highest BCUT2D eigenvalue weighted by molar-refractivity contribution is 9.10. The van der Waals surface area contributed by atoms with Crippen LogP contribution in [0, 0.1) is 0 Å². The molecular weight excluding hydrogens is 398 g/mol. The lowest BCUT2D eigenvalue weighted by atomic mass is 10.2. The molecule has 3 rings (SSSR count). The van der Waals surface area contributed by atoms with Crippen LogP contribution in [0.4, 0.5) is 10.5 Å². The number of pyridine rings is 1. The van der Waals surface area contributed by atoms with Crippen LogP contribution in [-0.4, -0.2) is 44.0 Å².